The van der Waals surface area contributed by atoms with Gasteiger partial charge in [-0.25, -0.2) is 4.79 Å². The third-order valence-corrected chi connectivity index (χ3v) is 3.14. The molecule has 19 heavy (non-hydrogen) atoms. The Labute approximate surface area is 114 Å². The minimum atomic E-state index is -1.01. The molecule has 0 fully saturated rings. The Bertz CT molecular complexity index is 353. The number of ether oxygens (including phenoxy) is 2. The second-order valence-corrected chi connectivity index (χ2v) is 5.86. The van der Waals surface area contributed by atoms with Gasteiger partial charge >= 0.3 is 11.9 Å². The summed E-state index contributed by atoms with van der Waals surface area (Å²) in [5.74, 6) is -1.76. The van der Waals surface area contributed by atoms with E-state index in [0.29, 0.717) is 0 Å². The third kappa shape index (κ3) is 5.85. The monoisotopic (exact) mass is 272 g/mol. The minimum Gasteiger partial charge on any atom is -0.452 e. The Morgan fingerprint density at radius 1 is 0.842 bits per heavy atom. The molecule has 0 aliphatic heterocycles. The third-order valence-electron chi connectivity index (χ3n) is 3.14. The molecule has 0 rings (SSSR count). The summed E-state index contributed by atoms with van der Waals surface area (Å²) in [6.07, 6.45) is -1.84. The lowest BCUT2D eigenvalue weighted by molar-refractivity contribution is -0.174. The first kappa shape index (κ1) is 17.6. The van der Waals surface area contributed by atoms with Crippen LogP contribution in [0.4, 0.5) is 0 Å². The first-order valence-corrected chi connectivity index (χ1v) is 6.38. The van der Waals surface area contributed by atoms with Crippen LogP contribution in [0.3, 0.4) is 0 Å². The molecule has 3 unspecified atom stereocenters. The Morgan fingerprint density at radius 3 is 1.63 bits per heavy atom. The molecule has 0 saturated heterocycles. The lowest BCUT2D eigenvalue weighted by Gasteiger charge is -2.26. The number of carbonyl (C=O) groups is 3. The topological polar surface area (TPSA) is 69.7 Å². The Morgan fingerprint density at radius 2 is 1.26 bits per heavy atom. The molecular weight excluding hydrogens is 248 g/mol. The fraction of sp³-hybridized carbons (Fsp3) is 0.786. The molecule has 0 N–H and O–H groups in total. The van der Waals surface area contributed by atoms with Crippen LogP contribution in [0, 0.1) is 11.3 Å². The summed E-state index contributed by atoms with van der Waals surface area (Å²) in [5.41, 5.74) is -0.243. The molecular formula is C14H24O5. The van der Waals surface area contributed by atoms with Crippen molar-refractivity contribution < 1.29 is 23.9 Å². The van der Waals surface area contributed by atoms with Crippen LogP contribution >= 0.6 is 0 Å². The second-order valence-electron chi connectivity index (χ2n) is 5.86. The summed E-state index contributed by atoms with van der Waals surface area (Å²) in [6, 6.07) is 0. The van der Waals surface area contributed by atoms with Crippen LogP contribution in [-0.2, 0) is 23.9 Å². The quantitative estimate of drug-likeness (QED) is 0.717. The van der Waals surface area contributed by atoms with Crippen molar-refractivity contribution in [2.24, 2.45) is 11.3 Å². The molecule has 3 atom stereocenters. The largest absolute Gasteiger partial charge is 0.452 e. The Kier molecular flexibility index (Phi) is 6.19. The average molecular weight is 272 g/mol. The van der Waals surface area contributed by atoms with Gasteiger partial charge in [-0.05, 0) is 26.2 Å². The molecule has 0 spiro atoms. The molecule has 110 valence electrons. The van der Waals surface area contributed by atoms with Crippen molar-refractivity contribution in [3.05, 3.63) is 0 Å². The second kappa shape index (κ2) is 6.68. The molecule has 0 aromatic carbocycles. The van der Waals surface area contributed by atoms with Gasteiger partial charge in [0.2, 0.25) is 0 Å². The number of Topliss-reactive ketones (excluding diaryl/α,β-unsaturated/α-hetero) is 1. The van der Waals surface area contributed by atoms with E-state index in [1.165, 1.54) is 20.8 Å². The number of hydrogen-bond donors (Lipinski definition) is 0. The highest BCUT2D eigenvalue weighted by Gasteiger charge is 2.31. The van der Waals surface area contributed by atoms with Crippen LogP contribution in [0.1, 0.15) is 48.5 Å². The highest BCUT2D eigenvalue weighted by Crippen LogP contribution is 2.26. The summed E-state index contributed by atoms with van der Waals surface area (Å²) in [6.45, 7) is 11.7. The van der Waals surface area contributed by atoms with Gasteiger partial charge < -0.3 is 9.47 Å². The van der Waals surface area contributed by atoms with E-state index in [-0.39, 0.29) is 17.1 Å². The van der Waals surface area contributed by atoms with Crippen molar-refractivity contribution in [3.63, 3.8) is 0 Å². The van der Waals surface area contributed by atoms with Gasteiger partial charge in [0, 0.05) is 0 Å². The van der Waals surface area contributed by atoms with Gasteiger partial charge in [-0.15, -0.1) is 0 Å². The van der Waals surface area contributed by atoms with Crippen molar-refractivity contribution in [1.82, 2.24) is 0 Å². The summed E-state index contributed by atoms with van der Waals surface area (Å²) in [4.78, 5) is 34.4. The normalized spacial score (nSPS) is 16.2. The molecule has 0 aromatic rings. The van der Waals surface area contributed by atoms with Crippen molar-refractivity contribution in [2.75, 3.05) is 0 Å². The van der Waals surface area contributed by atoms with E-state index in [1.54, 1.807) is 6.92 Å². The van der Waals surface area contributed by atoms with Gasteiger partial charge in [0.25, 0.3) is 0 Å². The van der Waals surface area contributed by atoms with Gasteiger partial charge in [-0.1, -0.05) is 27.7 Å². The van der Waals surface area contributed by atoms with Crippen LogP contribution in [0.25, 0.3) is 0 Å². The van der Waals surface area contributed by atoms with E-state index < -0.39 is 24.1 Å². The van der Waals surface area contributed by atoms with Gasteiger partial charge in [-0.2, -0.15) is 0 Å². The summed E-state index contributed by atoms with van der Waals surface area (Å²) in [7, 11) is 0. The zero-order valence-corrected chi connectivity index (χ0v) is 12.8. The highest BCUT2D eigenvalue weighted by molar-refractivity contribution is 5.85. The van der Waals surface area contributed by atoms with E-state index >= 15 is 0 Å². The van der Waals surface area contributed by atoms with Crippen molar-refractivity contribution >= 4 is 17.7 Å². The van der Waals surface area contributed by atoms with E-state index in [2.05, 4.69) is 0 Å². The van der Waals surface area contributed by atoms with E-state index in [1.807, 2.05) is 20.8 Å². The standard InChI is InChI=1S/C14H24O5/c1-8(14(5,6)7)12(16)19-11(4)13(17)18-10(3)9(2)15/h8,10-11H,1-7H3. The molecule has 0 aliphatic carbocycles. The molecule has 5 nitrogen and oxygen atoms in total. The predicted molar refractivity (Wildman–Crippen MR) is 70.4 cm³/mol. The molecule has 0 saturated carbocycles. The van der Waals surface area contributed by atoms with E-state index in [9.17, 15) is 14.4 Å². The number of rotatable bonds is 5. The first-order valence-electron chi connectivity index (χ1n) is 6.38. The molecule has 0 aromatic heterocycles. The number of hydrogen-bond acceptors (Lipinski definition) is 5. The van der Waals surface area contributed by atoms with Crippen LogP contribution < -0.4 is 0 Å². The molecule has 0 heterocycles. The Balaban J connectivity index is 4.46. The zero-order valence-electron chi connectivity index (χ0n) is 12.8. The molecule has 0 bridgehead atoms. The predicted octanol–water partition coefficient (Wildman–Crippen LogP) is 2.12. The maximum atomic E-state index is 11.8. The molecule has 5 heteroatoms. The first-order chi connectivity index (χ1) is 8.46. The van der Waals surface area contributed by atoms with Crippen molar-refractivity contribution in [3.8, 4) is 0 Å². The number of carbonyl (C=O) groups excluding carboxylic acids is 3. The maximum absolute atomic E-state index is 11.8. The van der Waals surface area contributed by atoms with Gasteiger partial charge in [0.1, 0.15) is 0 Å². The Hall–Kier alpha value is -1.39. The molecule has 0 radical (unpaired) electrons. The zero-order chi connectivity index (χ0) is 15.4. The smallest absolute Gasteiger partial charge is 0.347 e. The number of esters is 2. The van der Waals surface area contributed by atoms with Gasteiger partial charge in [0.15, 0.2) is 18.0 Å². The van der Waals surface area contributed by atoms with Crippen LogP contribution in [0.5, 0.6) is 0 Å². The summed E-state index contributed by atoms with van der Waals surface area (Å²) in [5, 5.41) is 0. The molecule has 0 amide bonds. The minimum absolute atomic E-state index is 0.243. The average Bonchev–Trinajstić information content (AvgIpc) is 2.25. The fourth-order valence-electron chi connectivity index (χ4n) is 1.03. The van der Waals surface area contributed by atoms with Crippen molar-refractivity contribution in [2.45, 2.75) is 60.7 Å². The summed E-state index contributed by atoms with van der Waals surface area (Å²) >= 11 is 0. The SMILES string of the molecule is CC(=O)C(C)OC(=O)C(C)OC(=O)C(C)C(C)(C)C. The van der Waals surface area contributed by atoms with E-state index in [4.69, 9.17) is 9.47 Å². The van der Waals surface area contributed by atoms with Crippen molar-refractivity contribution in [1.29, 1.82) is 0 Å². The fourth-order valence-corrected chi connectivity index (χ4v) is 1.03. The van der Waals surface area contributed by atoms with Crippen LogP contribution in [0.15, 0.2) is 0 Å². The van der Waals surface area contributed by atoms with Gasteiger partial charge in [-0.3, -0.25) is 9.59 Å². The highest BCUT2D eigenvalue weighted by atomic mass is 16.6. The van der Waals surface area contributed by atoms with E-state index in [0.717, 1.165) is 0 Å². The van der Waals surface area contributed by atoms with Gasteiger partial charge in [0.05, 0.1) is 5.92 Å². The maximum Gasteiger partial charge on any atom is 0.347 e. The summed E-state index contributed by atoms with van der Waals surface area (Å²) < 4.78 is 9.93. The lowest BCUT2D eigenvalue weighted by atomic mass is 9.82. The lowest BCUT2D eigenvalue weighted by Crippen LogP contribution is -2.35. The molecule has 0 aliphatic rings. The number of ketones is 1. The van der Waals surface area contributed by atoms with Crippen LogP contribution in [0.2, 0.25) is 0 Å². The van der Waals surface area contributed by atoms with Crippen LogP contribution in [-0.4, -0.2) is 29.9 Å².